The highest BCUT2D eigenvalue weighted by atomic mass is 16.6. The summed E-state index contributed by atoms with van der Waals surface area (Å²) in [5, 5.41) is 2.71. The van der Waals surface area contributed by atoms with Crippen molar-refractivity contribution in [2.45, 2.75) is 39.3 Å². The lowest BCUT2D eigenvalue weighted by molar-refractivity contribution is -0.107. The molecule has 1 aliphatic heterocycles. The van der Waals surface area contributed by atoms with Gasteiger partial charge < -0.3 is 10.1 Å². The van der Waals surface area contributed by atoms with Crippen molar-refractivity contribution in [3.05, 3.63) is 41.6 Å². The van der Waals surface area contributed by atoms with Gasteiger partial charge in [0.15, 0.2) is 0 Å². The van der Waals surface area contributed by atoms with Gasteiger partial charge in [-0.1, -0.05) is 30.3 Å². The van der Waals surface area contributed by atoms with Gasteiger partial charge in [-0.25, -0.2) is 4.79 Å². The van der Waals surface area contributed by atoms with Crippen molar-refractivity contribution in [1.82, 2.24) is 5.32 Å². The number of hydrogen-bond donors (Lipinski definition) is 1. The Labute approximate surface area is 130 Å². The van der Waals surface area contributed by atoms with Crippen molar-refractivity contribution in [2.24, 2.45) is 4.99 Å². The summed E-state index contributed by atoms with van der Waals surface area (Å²) >= 11 is 0. The minimum atomic E-state index is -0.574. The molecule has 5 heteroatoms. The maximum atomic E-state index is 12.1. The van der Waals surface area contributed by atoms with Crippen LogP contribution in [0.2, 0.25) is 0 Å². The predicted molar refractivity (Wildman–Crippen MR) is 85.7 cm³/mol. The summed E-state index contributed by atoms with van der Waals surface area (Å²) in [6.07, 6.45) is 0.750. The van der Waals surface area contributed by atoms with Gasteiger partial charge in [0.25, 0.3) is 0 Å². The number of rotatable bonds is 3. The number of benzene rings is 1. The molecule has 0 fully saturated rings. The van der Waals surface area contributed by atoms with Crippen LogP contribution < -0.4 is 5.32 Å². The third-order valence-corrected chi connectivity index (χ3v) is 3.03. The second-order valence-corrected chi connectivity index (χ2v) is 6.12. The van der Waals surface area contributed by atoms with Gasteiger partial charge in [-0.05, 0) is 33.3 Å². The Kier molecular flexibility index (Phi) is 4.45. The van der Waals surface area contributed by atoms with E-state index in [9.17, 15) is 9.59 Å². The number of nitrogens with zero attached hydrogens (tertiary/aromatic N) is 1. The summed E-state index contributed by atoms with van der Waals surface area (Å²) in [4.78, 5) is 28.1. The molecule has 0 saturated heterocycles. The summed E-state index contributed by atoms with van der Waals surface area (Å²) in [6.45, 7) is 7.16. The van der Waals surface area contributed by atoms with Crippen LogP contribution in [0.4, 0.5) is 4.79 Å². The molecule has 1 amide bonds. The van der Waals surface area contributed by atoms with Gasteiger partial charge in [-0.15, -0.1) is 0 Å². The zero-order chi connectivity index (χ0) is 16.3. The summed E-state index contributed by atoms with van der Waals surface area (Å²) < 4.78 is 5.23. The topological polar surface area (TPSA) is 67.8 Å². The van der Waals surface area contributed by atoms with Crippen LogP contribution in [0, 0.1) is 0 Å². The van der Waals surface area contributed by atoms with Crippen LogP contribution >= 0.6 is 0 Å². The Bertz CT molecular complexity index is 640. The number of alkyl carbamates (subject to hydrolysis) is 1. The summed E-state index contributed by atoms with van der Waals surface area (Å²) in [6, 6.07) is 8.87. The van der Waals surface area contributed by atoms with E-state index in [-0.39, 0.29) is 5.78 Å². The van der Waals surface area contributed by atoms with Gasteiger partial charge in [0.1, 0.15) is 5.60 Å². The molecule has 0 bridgehead atoms. The van der Waals surface area contributed by atoms with E-state index in [2.05, 4.69) is 10.3 Å². The van der Waals surface area contributed by atoms with Crippen LogP contribution in [-0.2, 0) is 9.53 Å². The van der Waals surface area contributed by atoms with E-state index in [0.717, 1.165) is 5.56 Å². The molecular formula is C17H20N2O3. The predicted octanol–water partition coefficient (Wildman–Crippen LogP) is 2.96. The number of amides is 1. The van der Waals surface area contributed by atoms with Crippen LogP contribution in [0.3, 0.4) is 0 Å². The third kappa shape index (κ3) is 3.81. The number of hydrogen-bond acceptors (Lipinski definition) is 4. The van der Waals surface area contributed by atoms with Crippen LogP contribution in [0.25, 0.3) is 5.57 Å². The number of carbonyl (C=O) groups is 2. The second kappa shape index (κ2) is 6.13. The second-order valence-electron chi connectivity index (χ2n) is 6.12. The highest BCUT2D eigenvalue weighted by molar-refractivity contribution is 6.50. The summed E-state index contributed by atoms with van der Waals surface area (Å²) in [7, 11) is 0. The third-order valence-electron chi connectivity index (χ3n) is 3.03. The first-order chi connectivity index (χ1) is 10.3. The lowest BCUT2D eigenvalue weighted by atomic mass is 9.99. The first-order valence-electron chi connectivity index (χ1n) is 7.15. The molecule has 1 atom stereocenters. The largest absolute Gasteiger partial charge is 0.444 e. The van der Waals surface area contributed by atoms with Crippen molar-refractivity contribution in [1.29, 1.82) is 0 Å². The molecule has 116 valence electrons. The van der Waals surface area contributed by atoms with Crippen molar-refractivity contribution < 1.29 is 14.3 Å². The molecule has 0 aliphatic carbocycles. The number of carbonyl (C=O) groups excluding carboxylic acids is 2. The molecule has 1 heterocycles. The average Bonchev–Trinajstić information content (AvgIpc) is 2.79. The first-order valence-corrected chi connectivity index (χ1v) is 7.15. The number of allylic oxidation sites excluding steroid dienone is 1. The van der Waals surface area contributed by atoms with Gasteiger partial charge in [-0.3, -0.25) is 9.79 Å². The Morgan fingerprint density at radius 2 is 1.86 bits per heavy atom. The van der Waals surface area contributed by atoms with Crippen molar-refractivity contribution in [2.75, 3.05) is 0 Å². The molecule has 1 aromatic rings. The average molecular weight is 300 g/mol. The van der Waals surface area contributed by atoms with Crippen molar-refractivity contribution >= 4 is 23.7 Å². The van der Waals surface area contributed by atoms with Crippen LogP contribution in [0.15, 0.2) is 41.0 Å². The maximum absolute atomic E-state index is 12.1. The minimum absolute atomic E-state index is 0.154. The van der Waals surface area contributed by atoms with Crippen molar-refractivity contribution in [3.8, 4) is 0 Å². The fourth-order valence-electron chi connectivity index (χ4n) is 2.16. The summed E-state index contributed by atoms with van der Waals surface area (Å²) in [5.74, 6) is -0.154. The number of ether oxygens (including phenoxy) is 1. The lowest BCUT2D eigenvalue weighted by Gasteiger charge is -2.22. The SMILES string of the molecule is CC(NC(=O)OC(C)(C)C)C1=C(c2ccccc2)C(=O)C=N1. The van der Waals surface area contributed by atoms with E-state index in [1.54, 1.807) is 27.7 Å². The van der Waals surface area contributed by atoms with E-state index >= 15 is 0 Å². The fraction of sp³-hybridized carbons (Fsp3) is 0.353. The van der Waals surface area contributed by atoms with Crippen LogP contribution in [0.5, 0.6) is 0 Å². The molecule has 0 radical (unpaired) electrons. The molecule has 0 saturated carbocycles. The maximum Gasteiger partial charge on any atom is 0.408 e. The van der Waals surface area contributed by atoms with Gasteiger partial charge >= 0.3 is 6.09 Å². The number of Topliss-reactive ketones (excluding diaryl/α,β-unsaturated/α-hetero) is 1. The van der Waals surface area contributed by atoms with E-state index in [0.29, 0.717) is 11.3 Å². The Morgan fingerprint density at radius 1 is 1.23 bits per heavy atom. The molecular weight excluding hydrogens is 280 g/mol. The molecule has 22 heavy (non-hydrogen) atoms. The summed E-state index contributed by atoms with van der Waals surface area (Å²) in [5.41, 5.74) is 1.28. The molecule has 1 aliphatic rings. The Balaban J connectivity index is 2.21. The van der Waals surface area contributed by atoms with Crippen LogP contribution in [-0.4, -0.2) is 29.7 Å². The standard InChI is InChI=1S/C17H20N2O3/c1-11(19-16(21)22-17(2,3)4)15-14(13(20)10-18-15)12-8-6-5-7-9-12/h5-11H,1-4H3,(H,19,21). The molecule has 1 aromatic carbocycles. The Morgan fingerprint density at radius 3 is 2.45 bits per heavy atom. The van der Waals surface area contributed by atoms with E-state index in [1.807, 2.05) is 30.3 Å². The molecule has 2 rings (SSSR count). The van der Waals surface area contributed by atoms with Gasteiger partial charge in [0.2, 0.25) is 5.78 Å². The lowest BCUT2D eigenvalue weighted by Crippen LogP contribution is -2.38. The zero-order valence-electron chi connectivity index (χ0n) is 13.2. The number of aliphatic imine (C=N–C) groups is 1. The minimum Gasteiger partial charge on any atom is -0.444 e. The van der Waals surface area contributed by atoms with Gasteiger partial charge in [-0.2, -0.15) is 0 Å². The van der Waals surface area contributed by atoms with E-state index in [1.165, 1.54) is 6.21 Å². The molecule has 0 aromatic heterocycles. The zero-order valence-corrected chi connectivity index (χ0v) is 13.2. The molecule has 1 N–H and O–H groups in total. The van der Waals surface area contributed by atoms with E-state index < -0.39 is 17.7 Å². The number of ketones is 1. The monoisotopic (exact) mass is 300 g/mol. The molecule has 5 nitrogen and oxygen atoms in total. The van der Waals surface area contributed by atoms with Crippen molar-refractivity contribution in [3.63, 3.8) is 0 Å². The smallest absolute Gasteiger partial charge is 0.408 e. The quantitative estimate of drug-likeness (QED) is 0.933. The van der Waals surface area contributed by atoms with E-state index in [4.69, 9.17) is 4.74 Å². The highest BCUT2D eigenvalue weighted by Crippen LogP contribution is 2.26. The first kappa shape index (κ1) is 15.9. The Hall–Kier alpha value is -2.43. The fourth-order valence-corrected chi connectivity index (χ4v) is 2.16. The van der Waals surface area contributed by atoms with Crippen LogP contribution in [0.1, 0.15) is 33.3 Å². The molecule has 0 spiro atoms. The normalized spacial score (nSPS) is 15.9. The molecule has 1 unspecified atom stereocenters. The number of nitrogens with one attached hydrogen (secondary N) is 1. The van der Waals surface area contributed by atoms with Gasteiger partial charge in [0, 0.05) is 0 Å². The van der Waals surface area contributed by atoms with Gasteiger partial charge in [0.05, 0.1) is 23.5 Å². The highest BCUT2D eigenvalue weighted by Gasteiger charge is 2.27.